The number of nitrogens with two attached hydrogens (primary N) is 1. The van der Waals surface area contributed by atoms with Gasteiger partial charge in [-0.2, -0.15) is 0 Å². The Balaban J connectivity index is 2.29. The van der Waals surface area contributed by atoms with Crippen LogP contribution >= 0.6 is 0 Å². The van der Waals surface area contributed by atoms with Crippen LogP contribution in [-0.2, 0) is 0 Å². The van der Waals surface area contributed by atoms with Crippen molar-refractivity contribution in [3.63, 3.8) is 0 Å². The molecule has 2 N–H and O–H groups in total. The van der Waals surface area contributed by atoms with Crippen LogP contribution in [0.1, 0.15) is 58.8 Å². The number of unbranched alkanes of at least 4 members (excludes halogenated alkanes) is 1. The van der Waals surface area contributed by atoms with Gasteiger partial charge in [0.2, 0.25) is 0 Å². The smallest absolute Gasteiger partial charge is 0.000754 e. The second-order valence-electron chi connectivity index (χ2n) is 5.17. The molecule has 15 heavy (non-hydrogen) atoms. The first kappa shape index (κ1) is 12.6. The maximum absolute atomic E-state index is 5.66. The highest BCUT2D eigenvalue weighted by Crippen LogP contribution is 2.49. The van der Waals surface area contributed by atoms with E-state index in [1.807, 2.05) is 0 Å². The number of hydrogen-bond donors (Lipinski definition) is 1. The maximum atomic E-state index is 5.66. The third-order valence-electron chi connectivity index (χ3n) is 3.87. The van der Waals surface area contributed by atoms with Gasteiger partial charge in [-0.3, -0.25) is 0 Å². The predicted octanol–water partition coefficient (Wildman–Crippen LogP) is 4.09. The molecule has 0 aromatic heterocycles. The van der Waals surface area contributed by atoms with Gasteiger partial charge in [0.1, 0.15) is 0 Å². The van der Waals surface area contributed by atoms with Gasteiger partial charge >= 0.3 is 0 Å². The minimum absolute atomic E-state index is 0.866. The summed E-state index contributed by atoms with van der Waals surface area (Å²) < 4.78 is 0. The van der Waals surface area contributed by atoms with Gasteiger partial charge in [-0.1, -0.05) is 46.1 Å². The van der Waals surface area contributed by atoms with Gasteiger partial charge < -0.3 is 5.73 Å². The third-order valence-corrected chi connectivity index (χ3v) is 3.87. The molecule has 88 valence electrons. The Morgan fingerprint density at radius 3 is 2.60 bits per heavy atom. The summed E-state index contributed by atoms with van der Waals surface area (Å²) in [7, 11) is 0. The topological polar surface area (TPSA) is 26.0 Å². The Hall–Kier alpha value is -0.460. The Kier molecular flexibility index (Phi) is 5.21. The Bertz CT molecular complexity index is 198. The molecule has 1 aliphatic rings. The van der Waals surface area contributed by atoms with E-state index in [1.54, 1.807) is 0 Å². The van der Waals surface area contributed by atoms with E-state index in [1.165, 1.54) is 38.5 Å². The first-order valence-electron chi connectivity index (χ1n) is 6.62. The largest absolute Gasteiger partial charge is 0.403 e. The summed E-state index contributed by atoms with van der Waals surface area (Å²) in [4.78, 5) is 0. The molecule has 1 aliphatic carbocycles. The fourth-order valence-electron chi connectivity index (χ4n) is 2.73. The molecule has 1 nitrogen and oxygen atoms in total. The molecule has 0 aromatic carbocycles. The van der Waals surface area contributed by atoms with Gasteiger partial charge in [-0.25, -0.2) is 0 Å². The zero-order valence-electron chi connectivity index (χ0n) is 10.5. The summed E-state index contributed by atoms with van der Waals surface area (Å²) in [6.07, 6.45) is 9.26. The summed E-state index contributed by atoms with van der Waals surface area (Å²) in [5.41, 5.74) is 6.53. The highest BCUT2D eigenvalue weighted by Gasteiger charge is 2.40. The van der Waals surface area contributed by atoms with Gasteiger partial charge in [-0.05, 0) is 37.0 Å². The molecule has 1 saturated carbocycles. The van der Waals surface area contributed by atoms with E-state index in [0.717, 1.165) is 29.9 Å². The lowest BCUT2D eigenvalue weighted by atomic mass is 9.90. The molecule has 0 radical (unpaired) electrons. The van der Waals surface area contributed by atoms with Crippen molar-refractivity contribution in [1.82, 2.24) is 0 Å². The van der Waals surface area contributed by atoms with Gasteiger partial charge in [0.25, 0.3) is 0 Å². The SMILES string of the molecule is C=C(N)CCC(CCCC)C1CC1CC. The maximum Gasteiger partial charge on any atom is 0.000754 e. The van der Waals surface area contributed by atoms with Crippen LogP contribution < -0.4 is 5.73 Å². The zero-order valence-corrected chi connectivity index (χ0v) is 10.5. The van der Waals surface area contributed by atoms with Gasteiger partial charge in [0.15, 0.2) is 0 Å². The van der Waals surface area contributed by atoms with E-state index < -0.39 is 0 Å². The van der Waals surface area contributed by atoms with Crippen molar-refractivity contribution in [3.05, 3.63) is 12.3 Å². The Morgan fingerprint density at radius 1 is 1.40 bits per heavy atom. The lowest BCUT2D eigenvalue weighted by molar-refractivity contribution is 0.365. The lowest BCUT2D eigenvalue weighted by Gasteiger charge is -2.16. The summed E-state index contributed by atoms with van der Waals surface area (Å²) in [5.74, 6) is 2.97. The van der Waals surface area contributed by atoms with Crippen molar-refractivity contribution >= 4 is 0 Å². The van der Waals surface area contributed by atoms with Crippen LogP contribution in [0, 0.1) is 17.8 Å². The fourth-order valence-corrected chi connectivity index (χ4v) is 2.73. The molecule has 3 unspecified atom stereocenters. The minimum atomic E-state index is 0.866. The standard InChI is InChI=1S/C14H27N/c1-4-6-7-13(9-8-11(3)15)14-10-12(14)5-2/h12-14H,3-10,15H2,1-2H3. The normalized spacial score (nSPS) is 26.3. The molecule has 0 heterocycles. The second-order valence-corrected chi connectivity index (χ2v) is 5.17. The number of allylic oxidation sites excluding steroid dienone is 1. The van der Waals surface area contributed by atoms with E-state index in [0.29, 0.717) is 0 Å². The van der Waals surface area contributed by atoms with E-state index >= 15 is 0 Å². The molecule has 0 saturated heterocycles. The average Bonchev–Trinajstić information content (AvgIpc) is 2.97. The lowest BCUT2D eigenvalue weighted by Crippen LogP contribution is -2.07. The van der Waals surface area contributed by atoms with E-state index in [2.05, 4.69) is 20.4 Å². The van der Waals surface area contributed by atoms with Crippen LogP contribution in [0.25, 0.3) is 0 Å². The van der Waals surface area contributed by atoms with Crippen molar-refractivity contribution in [1.29, 1.82) is 0 Å². The summed E-state index contributed by atoms with van der Waals surface area (Å²) >= 11 is 0. The summed E-state index contributed by atoms with van der Waals surface area (Å²) in [5, 5.41) is 0. The van der Waals surface area contributed by atoms with Crippen LogP contribution in [0.15, 0.2) is 12.3 Å². The molecule has 0 bridgehead atoms. The van der Waals surface area contributed by atoms with Crippen LogP contribution in [0.2, 0.25) is 0 Å². The molecular weight excluding hydrogens is 182 g/mol. The van der Waals surface area contributed by atoms with Crippen molar-refractivity contribution in [3.8, 4) is 0 Å². The zero-order chi connectivity index (χ0) is 11.3. The van der Waals surface area contributed by atoms with Gasteiger partial charge in [-0.15, -0.1) is 0 Å². The van der Waals surface area contributed by atoms with E-state index in [-0.39, 0.29) is 0 Å². The van der Waals surface area contributed by atoms with Gasteiger partial charge in [0.05, 0.1) is 0 Å². The summed E-state index contributed by atoms with van der Waals surface area (Å²) in [6, 6.07) is 0. The minimum Gasteiger partial charge on any atom is -0.403 e. The second kappa shape index (κ2) is 6.19. The van der Waals surface area contributed by atoms with Gasteiger partial charge in [0, 0.05) is 5.70 Å². The van der Waals surface area contributed by atoms with Crippen molar-refractivity contribution < 1.29 is 0 Å². The molecule has 1 fully saturated rings. The summed E-state index contributed by atoms with van der Waals surface area (Å²) in [6.45, 7) is 8.41. The van der Waals surface area contributed by atoms with Crippen LogP contribution in [-0.4, -0.2) is 0 Å². The average molecular weight is 209 g/mol. The number of rotatable bonds is 8. The molecule has 1 rings (SSSR count). The fraction of sp³-hybridized carbons (Fsp3) is 0.857. The quantitative estimate of drug-likeness (QED) is 0.640. The molecular formula is C14H27N. The van der Waals surface area contributed by atoms with E-state index in [4.69, 9.17) is 5.73 Å². The molecule has 0 amide bonds. The van der Waals surface area contributed by atoms with Crippen molar-refractivity contribution in [2.24, 2.45) is 23.5 Å². The Labute approximate surface area is 95.1 Å². The number of hydrogen-bond acceptors (Lipinski definition) is 1. The molecule has 3 atom stereocenters. The first-order chi connectivity index (χ1) is 7.19. The van der Waals surface area contributed by atoms with Crippen molar-refractivity contribution in [2.45, 2.75) is 58.8 Å². The van der Waals surface area contributed by atoms with Crippen molar-refractivity contribution in [2.75, 3.05) is 0 Å². The third kappa shape index (κ3) is 4.27. The first-order valence-corrected chi connectivity index (χ1v) is 6.62. The molecule has 0 aliphatic heterocycles. The van der Waals surface area contributed by atoms with E-state index in [9.17, 15) is 0 Å². The monoisotopic (exact) mass is 209 g/mol. The Morgan fingerprint density at radius 2 is 2.13 bits per heavy atom. The highest BCUT2D eigenvalue weighted by molar-refractivity contribution is 4.93. The van der Waals surface area contributed by atoms with Crippen LogP contribution in [0.5, 0.6) is 0 Å². The molecule has 0 spiro atoms. The molecule has 0 aromatic rings. The van der Waals surface area contributed by atoms with Crippen LogP contribution in [0.4, 0.5) is 0 Å². The highest BCUT2D eigenvalue weighted by atomic mass is 14.6. The van der Waals surface area contributed by atoms with Crippen LogP contribution in [0.3, 0.4) is 0 Å². The predicted molar refractivity (Wildman–Crippen MR) is 67.5 cm³/mol. The molecule has 1 heteroatoms.